The van der Waals surface area contributed by atoms with Gasteiger partial charge < -0.3 is 4.57 Å². The minimum Gasteiger partial charge on any atom is -0.329 e. The first-order chi connectivity index (χ1) is 6.70. The number of nitrogens with zero attached hydrogens (tertiary/aromatic N) is 2. The van der Waals surface area contributed by atoms with E-state index in [0.717, 1.165) is 5.52 Å². The molecule has 0 N–H and O–H groups in total. The van der Waals surface area contributed by atoms with Crippen molar-refractivity contribution in [2.75, 3.05) is 0 Å². The fourth-order valence-corrected chi connectivity index (χ4v) is 1.54. The Balaban J connectivity index is 2.89. The van der Waals surface area contributed by atoms with E-state index in [4.69, 9.17) is 0 Å². The SMILES string of the molecule is CC(C)n1cnc(=O)c2ccccc21. The summed E-state index contributed by atoms with van der Waals surface area (Å²) in [6.45, 7) is 4.14. The molecule has 3 nitrogen and oxygen atoms in total. The van der Waals surface area contributed by atoms with Crippen LogP contribution < -0.4 is 5.56 Å². The van der Waals surface area contributed by atoms with E-state index < -0.39 is 0 Å². The van der Waals surface area contributed by atoms with E-state index >= 15 is 0 Å². The summed E-state index contributed by atoms with van der Waals surface area (Å²) < 4.78 is 2.00. The molecule has 0 saturated carbocycles. The first-order valence-corrected chi connectivity index (χ1v) is 4.66. The summed E-state index contributed by atoms with van der Waals surface area (Å²) in [6, 6.07) is 7.85. The molecule has 0 bridgehead atoms. The van der Waals surface area contributed by atoms with Gasteiger partial charge >= 0.3 is 0 Å². The van der Waals surface area contributed by atoms with E-state index in [1.165, 1.54) is 0 Å². The molecule has 0 spiro atoms. The first-order valence-electron chi connectivity index (χ1n) is 4.66. The molecule has 2 aromatic rings. The van der Waals surface area contributed by atoms with Crippen LogP contribution in [0.5, 0.6) is 0 Å². The van der Waals surface area contributed by atoms with Crippen molar-refractivity contribution in [1.82, 2.24) is 9.55 Å². The number of aromatic nitrogens is 2. The maximum Gasteiger partial charge on any atom is 0.280 e. The lowest BCUT2D eigenvalue weighted by molar-refractivity contribution is 0.606. The van der Waals surface area contributed by atoms with Crippen LogP contribution in [0.25, 0.3) is 10.9 Å². The zero-order valence-electron chi connectivity index (χ0n) is 8.27. The summed E-state index contributed by atoms with van der Waals surface area (Å²) in [5, 5.41) is 0.684. The predicted octanol–water partition coefficient (Wildman–Crippen LogP) is 1.98. The van der Waals surface area contributed by atoms with Crippen LogP contribution in [0.4, 0.5) is 0 Å². The molecule has 0 radical (unpaired) electrons. The van der Waals surface area contributed by atoms with Crippen molar-refractivity contribution >= 4 is 10.9 Å². The molecule has 72 valence electrons. The summed E-state index contributed by atoms with van der Waals surface area (Å²) in [7, 11) is 0. The Kier molecular flexibility index (Phi) is 2.08. The zero-order chi connectivity index (χ0) is 10.1. The quantitative estimate of drug-likeness (QED) is 0.685. The van der Waals surface area contributed by atoms with Gasteiger partial charge in [0.2, 0.25) is 0 Å². The van der Waals surface area contributed by atoms with Crippen LogP contribution >= 0.6 is 0 Å². The van der Waals surface area contributed by atoms with Crippen LogP contribution in [0.2, 0.25) is 0 Å². The molecule has 0 aliphatic carbocycles. The molecule has 0 fully saturated rings. The summed E-state index contributed by atoms with van der Waals surface area (Å²) in [4.78, 5) is 15.3. The Labute approximate surface area is 82.0 Å². The van der Waals surface area contributed by atoms with Gasteiger partial charge in [0.05, 0.1) is 17.2 Å². The summed E-state index contributed by atoms with van der Waals surface area (Å²) in [6.07, 6.45) is 1.61. The van der Waals surface area contributed by atoms with Gasteiger partial charge in [-0.15, -0.1) is 0 Å². The third-order valence-corrected chi connectivity index (χ3v) is 2.27. The van der Waals surface area contributed by atoms with Crippen LogP contribution in [-0.2, 0) is 0 Å². The molecule has 0 aliphatic rings. The molecular formula is C11H12N2O. The van der Waals surface area contributed by atoms with Gasteiger partial charge in [-0.3, -0.25) is 4.79 Å². The second kappa shape index (κ2) is 3.25. The molecule has 0 aliphatic heterocycles. The molecule has 0 saturated heterocycles. The van der Waals surface area contributed by atoms with Gasteiger partial charge in [0, 0.05) is 6.04 Å². The van der Waals surface area contributed by atoms with Crippen molar-refractivity contribution in [3.8, 4) is 0 Å². The Morgan fingerprint density at radius 2 is 2.00 bits per heavy atom. The predicted molar refractivity (Wildman–Crippen MR) is 56.4 cm³/mol. The summed E-state index contributed by atoms with van der Waals surface area (Å²) >= 11 is 0. The van der Waals surface area contributed by atoms with Crippen LogP contribution in [0.1, 0.15) is 19.9 Å². The number of benzene rings is 1. The Morgan fingerprint density at radius 1 is 1.29 bits per heavy atom. The van der Waals surface area contributed by atoms with Gasteiger partial charge in [0.1, 0.15) is 0 Å². The van der Waals surface area contributed by atoms with E-state index in [2.05, 4.69) is 18.8 Å². The van der Waals surface area contributed by atoms with Crippen LogP contribution in [0.3, 0.4) is 0 Å². The maximum atomic E-state index is 11.4. The molecular weight excluding hydrogens is 176 g/mol. The van der Waals surface area contributed by atoms with Gasteiger partial charge in [-0.25, -0.2) is 0 Å². The fraction of sp³-hybridized carbons (Fsp3) is 0.273. The van der Waals surface area contributed by atoms with Gasteiger partial charge in [0.15, 0.2) is 0 Å². The number of rotatable bonds is 1. The highest BCUT2D eigenvalue weighted by atomic mass is 16.1. The summed E-state index contributed by atoms with van der Waals surface area (Å²) in [5.74, 6) is 0. The molecule has 2 rings (SSSR count). The highest BCUT2D eigenvalue weighted by Gasteiger charge is 2.04. The van der Waals surface area contributed by atoms with Gasteiger partial charge in [-0.05, 0) is 26.0 Å². The lowest BCUT2D eigenvalue weighted by atomic mass is 10.2. The van der Waals surface area contributed by atoms with Crippen molar-refractivity contribution in [2.24, 2.45) is 0 Å². The van der Waals surface area contributed by atoms with Gasteiger partial charge in [0.25, 0.3) is 5.56 Å². The summed E-state index contributed by atoms with van der Waals surface area (Å²) in [5.41, 5.74) is 0.792. The molecule has 0 amide bonds. The van der Waals surface area contributed by atoms with E-state index in [1.54, 1.807) is 6.33 Å². The van der Waals surface area contributed by atoms with Crippen LogP contribution in [0, 0.1) is 0 Å². The van der Waals surface area contributed by atoms with E-state index in [-0.39, 0.29) is 5.56 Å². The second-order valence-electron chi connectivity index (χ2n) is 3.57. The number of hydrogen-bond acceptors (Lipinski definition) is 2. The number of hydrogen-bond donors (Lipinski definition) is 0. The maximum absolute atomic E-state index is 11.4. The molecule has 1 aromatic heterocycles. The number of para-hydroxylation sites is 1. The zero-order valence-corrected chi connectivity index (χ0v) is 8.27. The third-order valence-electron chi connectivity index (χ3n) is 2.27. The topological polar surface area (TPSA) is 34.9 Å². The molecule has 3 heteroatoms. The molecule has 0 unspecified atom stereocenters. The smallest absolute Gasteiger partial charge is 0.280 e. The Morgan fingerprint density at radius 3 is 2.71 bits per heavy atom. The monoisotopic (exact) mass is 188 g/mol. The Bertz CT molecular complexity index is 514. The standard InChI is InChI=1S/C11H12N2O/c1-8(2)13-7-12-11(14)9-5-3-4-6-10(9)13/h3-8H,1-2H3. The van der Waals surface area contributed by atoms with Crippen molar-refractivity contribution in [2.45, 2.75) is 19.9 Å². The van der Waals surface area contributed by atoms with Crippen LogP contribution in [0.15, 0.2) is 35.4 Å². The van der Waals surface area contributed by atoms with Gasteiger partial charge in [-0.1, -0.05) is 12.1 Å². The molecule has 1 heterocycles. The van der Waals surface area contributed by atoms with Gasteiger partial charge in [-0.2, -0.15) is 4.98 Å². The van der Waals surface area contributed by atoms with Crippen LogP contribution in [-0.4, -0.2) is 9.55 Å². The molecule has 0 atom stereocenters. The van der Waals surface area contributed by atoms with Crippen molar-refractivity contribution < 1.29 is 0 Å². The normalized spacial score (nSPS) is 11.1. The van der Waals surface area contributed by atoms with Crippen molar-refractivity contribution in [3.05, 3.63) is 40.9 Å². The fourth-order valence-electron chi connectivity index (χ4n) is 1.54. The van der Waals surface area contributed by atoms with E-state index in [1.807, 2.05) is 28.8 Å². The lowest BCUT2D eigenvalue weighted by Gasteiger charge is -2.12. The largest absolute Gasteiger partial charge is 0.329 e. The highest BCUT2D eigenvalue weighted by molar-refractivity contribution is 5.77. The lowest BCUT2D eigenvalue weighted by Crippen LogP contribution is -2.13. The first kappa shape index (κ1) is 8.94. The molecule has 14 heavy (non-hydrogen) atoms. The average molecular weight is 188 g/mol. The second-order valence-corrected chi connectivity index (χ2v) is 3.57. The molecule has 1 aromatic carbocycles. The highest BCUT2D eigenvalue weighted by Crippen LogP contribution is 2.13. The third kappa shape index (κ3) is 1.31. The number of fused-ring (bicyclic) bond motifs is 1. The average Bonchev–Trinajstić information content (AvgIpc) is 2.18. The van der Waals surface area contributed by atoms with E-state index in [9.17, 15) is 4.79 Å². The minimum atomic E-state index is -0.155. The van der Waals surface area contributed by atoms with Crippen molar-refractivity contribution in [3.63, 3.8) is 0 Å². The Hall–Kier alpha value is -1.64. The minimum absolute atomic E-state index is 0.155. The van der Waals surface area contributed by atoms with E-state index in [0.29, 0.717) is 11.4 Å². The van der Waals surface area contributed by atoms with Crippen molar-refractivity contribution in [1.29, 1.82) is 0 Å².